The smallest absolute Gasteiger partial charge is 0.251 e. The second kappa shape index (κ2) is 8.71. The number of anilines is 1. The molecule has 2 aliphatic rings. The Morgan fingerprint density at radius 2 is 1.79 bits per heavy atom. The lowest BCUT2D eigenvalue weighted by atomic mass is 10.0. The van der Waals surface area contributed by atoms with E-state index >= 15 is 0 Å². The number of morpholine rings is 1. The highest BCUT2D eigenvalue weighted by Gasteiger charge is 2.27. The van der Waals surface area contributed by atoms with Crippen LogP contribution in [0.3, 0.4) is 0 Å². The van der Waals surface area contributed by atoms with Gasteiger partial charge in [0.1, 0.15) is 19.1 Å². The standard InChI is InChI=1S/C22H27N3O4/c1-24(2)18-6-3-16(4-7-18)19(25-9-11-27-12-10-25)14-23-22(26)17-5-8-20-21(13-17)29-15-28-20/h3-8,13,19H,9-12,14-15H2,1-2H3,(H,23,26)/p+1/t19-/m1/s1. The molecule has 0 aromatic heterocycles. The molecule has 1 fully saturated rings. The van der Waals surface area contributed by atoms with Crippen LogP contribution in [0.1, 0.15) is 22.0 Å². The van der Waals surface area contributed by atoms with Crippen molar-refractivity contribution in [2.24, 2.45) is 0 Å². The zero-order valence-corrected chi connectivity index (χ0v) is 16.9. The normalized spacial score (nSPS) is 17.0. The van der Waals surface area contributed by atoms with Gasteiger partial charge in [-0.3, -0.25) is 4.79 Å². The van der Waals surface area contributed by atoms with Gasteiger partial charge in [-0.05, 0) is 30.3 Å². The number of amides is 1. The van der Waals surface area contributed by atoms with Crippen LogP contribution < -0.4 is 24.6 Å². The van der Waals surface area contributed by atoms with E-state index in [9.17, 15) is 4.79 Å². The third-order valence-electron chi connectivity index (χ3n) is 5.54. The van der Waals surface area contributed by atoms with Gasteiger partial charge in [0.2, 0.25) is 6.79 Å². The summed E-state index contributed by atoms with van der Waals surface area (Å²) < 4.78 is 16.2. The Labute approximate surface area is 171 Å². The highest BCUT2D eigenvalue weighted by molar-refractivity contribution is 5.94. The number of benzene rings is 2. The maximum atomic E-state index is 12.8. The van der Waals surface area contributed by atoms with Crippen LogP contribution >= 0.6 is 0 Å². The summed E-state index contributed by atoms with van der Waals surface area (Å²) in [5.74, 6) is 1.19. The first-order valence-corrected chi connectivity index (χ1v) is 9.99. The van der Waals surface area contributed by atoms with Gasteiger partial charge in [-0.1, -0.05) is 12.1 Å². The van der Waals surface area contributed by atoms with Crippen molar-refractivity contribution in [2.75, 3.05) is 58.6 Å². The summed E-state index contributed by atoms with van der Waals surface area (Å²) in [5, 5.41) is 3.12. The predicted octanol–water partition coefficient (Wildman–Crippen LogP) is 0.868. The number of nitrogens with one attached hydrogen (secondary N) is 2. The first-order chi connectivity index (χ1) is 14.1. The number of fused-ring (bicyclic) bond motifs is 1. The summed E-state index contributed by atoms with van der Waals surface area (Å²) in [4.78, 5) is 16.3. The van der Waals surface area contributed by atoms with Crippen molar-refractivity contribution >= 4 is 11.6 Å². The predicted molar refractivity (Wildman–Crippen MR) is 110 cm³/mol. The average molecular weight is 398 g/mol. The van der Waals surface area contributed by atoms with Crippen molar-refractivity contribution in [3.63, 3.8) is 0 Å². The molecule has 0 aliphatic carbocycles. The van der Waals surface area contributed by atoms with Crippen LogP contribution in [-0.4, -0.2) is 59.6 Å². The second-order valence-electron chi connectivity index (χ2n) is 7.59. The molecule has 2 aromatic carbocycles. The van der Waals surface area contributed by atoms with Gasteiger partial charge in [-0.25, -0.2) is 0 Å². The quantitative estimate of drug-likeness (QED) is 0.756. The first kappa shape index (κ1) is 19.5. The van der Waals surface area contributed by atoms with E-state index < -0.39 is 0 Å². The van der Waals surface area contributed by atoms with Crippen molar-refractivity contribution in [1.82, 2.24) is 5.32 Å². The number of hydrogen-bond donors (Lipinski definition) is 2. The number of rotatable bonds is 6. The molecule has 154 valence electrons. The van der Waals surface area contributed by atoms with Gasteiger partial charge < -0.3 is 29.3 Å². The fourth-order valence-electron chi connectivity index (χ4n) is 3.82. The summed E-state index contributed by atoms with van der Waals surface area (Å²) >= 11 is 0. The van der Waals surface area contributed by atoms with Crippen molar-refractivity contribution in [1.29, 1.82) is 0 Å². The van der Waals surface area contributed by atoms with Crippen LogP contribution in [0.25, 0.3) is 0 Å². The van der Waals surface area contributed by atoms with E-state index in [1.54, 1.807) is 18.2 Å². The van der Waals surface area contributed by atoms with E-state index in [2.05, 4.69) is 34.5 Å². The molecule has 7 heteroatoms. The zero-order chi connectivity index (χ0) is 20.2. The molecular formula is C22H28N3O4+. The molecule has 0 saturated carbocycles. The van der Waals surface area contributed by atoms with Gasteiger partial charge in [0, 0.05) is 30.9 Å². The summed E-state index contributed by atoms with van der Waals surface area (Å²) in [5.41, 5.74) is 2.96. The molecule has 1 saturated heterocycles. The van der Waals surface area contributed by atoms with E-state index in [4.69, 9.17) is 14.2 Å². The Kier molecular flexibility index (Phi) is 5.87. The number of hydrogen-bond acceptors (Lipinski definition) is 5. The van der Waals surface area contributed by atoms with Crippen molar-refractivity contribution in [3.8, 4) is 11.5 Å². The Morgan fingerprint density at radius 3 is 2.52 bits per heavy atom. The van der Waals surface area contributed by atoms with E-state index in [0.29, 0.717) is 23.6 Å². The van der Waals surface area contributed by atoms with Gasteiger partial charge in [-0.2, -0.15) is 0 Å². The Balaban J connectivity index is 1.48. The lowest BCUT2D eigenvalue weighted by Gasteiger charge is -2.32. The SMILES string of the molecule is CN(C)c1ccc([C@@H](CNC(=O)c2ccc3c(c2)OCO3)[NH+]2CCOCC2)cc1. The summed E-state index contributed by atoms with van der Waals surface area (Å²) in [6, 6.07) is 14.0. The molecule has 2 aliphatic heterocycles. The van der Waals surface area contributed by atoms with E-state index in [-0.39, 0.29) is 18.7 Å². The number of nitrogens with zero attached hydrogens (tertiary/aromatic N) is 1. The molecule has 0 radical (unpaired) electrons. The average Bonchev–Trinajstić information content (AvgIpc) is 3.23. The van der Waals surface area contributed by atoms with E-state index in [1.165, 1.54) is 10.5 Å². The fourth-order valence-corrected chi connectivity index (χ4v) is 3.82. The van der Waals surface area contributed by atoms with Gasteiger partial charge in [0.15, 0.2) is 11.5 Å². The monoisotopic (exact) mass is 398 g/mol. The lowest BCUT2D eigenvalue weighted by molar-refractivity contribution is -0.937. The molecule has 4 rings (SSSR count). The van der Waals surface area contributed by atoms with Crippen LogP contribution in [0.2, 0.25) is 0 Å². The molecule has 2 aromatic rings. The molecule has 29 heavy (non-hydrogen) atoms. The lowest BCUT2D eigenvalue weighted by Crippen LogP contribution is -3.15. The Morgan fingerprint density at radius 1 is 1.07 bits per heavy atom. The Hall–Kier alpha value is -2.77. The zero-order valence-electron chi connectivity index (χ0n) is 16.9. The van der Waals surface area contributed by atoms with E-state index in [1.807, 2.05) is 14.1 Å². The molecule has 1 amide bonds. The molecule has 0 bridgehead atoms. The molecule has 2 N–H and O–H groups in total. The van der Waals surface area contributed by atoms with Gasteiger partial charge in [-0.15, -0.1) is 0 Å². The molecular weight excluding hydrogens is 370 g/mol. The van der Waals surface area contributed by atoms with E-state index in [0.717, 1.165) is 32.0 Å². The van der Waals surface area contributed by atoms with Gasteiger partial charge >= 0.3 is 0 Å². The van der Waals surface area contributed by atoms with Crippen LogP contribution in [0.4, 0.5) is 5.69 Å². The minimum Gasteiger partial charge on any atom is -0.454 e. The second-order valence-corrected chi connectivity index (χ2v) is 7.59. The van der Waals surface area contributed by atoms with Gasteiger partial charge in [0.25, 0.3) is 5.91 Å². The third kappa shape index (κ3) is 4.46. The number of carbonyl (C=O) groups excluding carboxylic acids is 1. The summed E-state index contributed by atoms with van der Waals surface area (Å²) in [6.07, 6.45) is 0. The number of quaternary nitrogens is 1. The number of ether oxygens (including phenoxy) is 3. The molecule has 7 nitrogen and oxygen atoms in total. The van der Waals surface area contributed by atoms with Crippen LogP contribution in [-0.2, 0) is 4.74 Å². The summed E-state index contributed by atoms with van der Waals surface area (Å²) in [6.45, 7) is 4.12. The fraction of sp³-hybridized carbons (Fsp3) is 0.409. The van der Waals surface area contributed by atoms with Crippen LogP contribution in [0.5, 0.6) is 11.5 Å². The van der Waals surface area contributed by atoms with Crippen molar-refractivity contribution in [3.05, 3.63) is 53.6 Å². The Bertz CT molecular complexity index is 848. The maximum Gasteiger partial charge on any atom is 0.251 e. The molecule has 2 heterocycles. The topological polar surface area (TPSA) is 64.5 Å². The maximum absolute atomic E-state index is 12.8. The third-order valence-corrected chi connectivity index (χ3v) is 5.54. The van der Waals surface area contributed by atoms with Crippen molar-refractivity contribution < 1.29 is 23.9 Å². The molecule has 0 unspecified atom stereocenters. The minimum absolute atomic E-state index is 0.106. The van der Waals surface area contributed by atoms with Crippen LogP contribution in [0.15, 0.2) is 42.5 Å². The number of carbonyl (C=O) groups is 1. The largest absolute Gasteiger partial charge is 0.454 e. The molecule has 1 atom stereocenters. The van der Waals surface area contributed by atoms with Crippen molar-refractivity contribution in [2.45, 2.75) is 6.04 Å². The first-order valence-electron chi connectivity index (χ1n) is 9.99. The highest BCUT2D eigenvalue weighted by Crippen LogP contribution is 2.32. The highest BCUT2D eigenvalue weighted by atomic mass is 16.7. The summed E-state index contributed by atoms with van der Waals surface area (Å²) in [7, 11) is 4.07. The molecule has 0 spiro atoms. The minimum atomic E-state index is -0.106. The van der Waals surface area contributed by atoms with Gasteiger partial charge in [0.05, 0.1) is 19.8 Å². The van der Waals surface area contributed by atoms with Crippen LogP contribution in [0, 0.1) is 0 Å².